The van der Waals surface area contributed by atoms with Crippen molar-refractivity contribution in [2.24, 2.45) is 0 Å². The highest BCUT2D eigenvalue weighted by atomic mass is 32.1. The lowest BCUT2D eigenvalue weighted by atomic mass is 9.96. The third kappa shape index (κ3) is 6.61. The molecule has 2 aromatic carbocycles. The van der Waals surface area contributed by atoms with Gasteiger partial charge in [0, 0.05) is 18.0 Å². The topological polar surface area (TPSA) is 96.0 Å². The van der Waals surface area contributed by atoms with Crippen molar-refractivity contribution in [3.63, 3.8) is 0 Å². The molecule has 1 atom stereocenters. The van der Waals surface area contributed by atoms with Crippen LogP contribution in [-0.4, -0.2) is 34.2 Å². The van der Waals surface area contributed by atoms with Gasteiger partial charge in [0.15, 0.2) is 0 Å². The second-order valence-corrected chi connectivity index (χ2v) is 9.44. The average Bonchev–Trinajstić information content (AvgIpc) is 3.29. The van der Waals surface area contributed by atoms with E-state index in [1.165, 1.54) is 17.8 Å². The van der Waals surface area contributed by atoms with Gasteiger partial charge in [-0.1, -0.05) is 90.8 Å². The van der Waals surface area contributed by atoms with Gasteiger partial charge in [0.2, 0.25) is 11.0 Å². The largest absolute Gasteiger partial charge is 0.335 e. The molecule has 0 radical (unpaired) electrons. The third-order valence-electron chi connectivity index (χ3n) is 5.80. The van der Waals surface area contributed by atoms with E-state index in [0.717, 1.165) is 47.4 Å². The van der Waals surface area contributed by atoms with Crippen molar-refractivity contribution >= 4 is 28.4 Å². The quantitative estimate of drug-likeness (QED) is 0.473. The van der Waals surface area contributed by atoms with Gasteiger partial charge in [0.1, 0.15) is 11.0 Å². The molecule has 0 aliphatic heterocycles. The maximum absolute atomic E-state index is 13.1. The molecule has 1 unspecified atom stereocenters. The van der Waals surface area contributed by atoms with Crippen LogP contribution in [0.3, 0.4) is 0 Å². The van der Waals surface area contributed by atoms with Crippen LogP contribution in [0.25, 0.3) is 10.6 Å². The summed E-state index contributed by atoms with van der Waals surface area (Å²) in [6.45, 7) is 2.03. The van der Waals surface area contributed by atoms with Crippen molar-refractivity contribution in [3.05, 3.63) is 65.7 Å². The van der Waals surface area contributed by atoms with Crippen molar-refractivity contribution in [1.82, 2.24) is 20.8 Å². The average molecular weight is 464 g/mol. The summed E-state index contributed by atoms with van der Waals surface area (Å²) in [7, 11) is 0. The van der Waals surface area contributed by atoms with Crippen LogP contribution in [0.4, 0.5) is 9.93 Å². The lowest BCUT2D eigenvalue weighted by molar-refractivity contribution is -0.117. The smallest absolute Gasteiger partial charge is 0.315 e. The third-order valence-corrected chi connectivity index (χ3v) is 6.69. The minimum absolute atomic E-state index is 0.166. The van der Waals surface area contributed by atoms with E-state index in [-0.39, 0.29) is 18.0 Å². The molecule has 3 N–H and O–H groups in total. The molecule has 7 nitrogen and oxygen atoms in total. The maximum atomic E-state index is 13.1. The molecule has 0 saturated heterocycles. The molecular formula is C25H29N5O2S. The molecule has 1 fully saturated rings. The SMILES string of the molecule is Cc1ccc(-c2nnc(NC(=O)C(Cc3ccccc3)NC(=O)NC3CCCCC3)s2)cc1. The molecule has 1 saturated carbocycles. The lowest BCUT2D eigenvalue weighted by Gasteiger charge is -2.25. The summed E-state index contributed by atoms with van der Waals surface area (Å²) in [6.07, 6.45) is 5.81. The number of nitrogens with one attached hydrogen (secondary N) is 3. The number of rotatable bonds is 7. The van der Waals surface area contributed by atoms with E-state index in [9.17, 15) is 9.59 Å². The fourth-order valence-corrected chi connectivity index (χ4v) is 4.72. The van der Waals surface area contributed by atoms with Crippen molar-refractivity contribution in [2.75, 3.05) is 5.32 Å². The number of aromatic nitrogens is 2. The summed E-state index contributed by atoms with van der Waals surface area (Å²) in [5.41, 5.74) is 3.08. The number of amides is 3. The predicted molar refractivity (Wildman–Crippen MR) is 131 cm³/mol. The van der Waals surface area contributed by atoms with Crippen molar-refractivity contribution < 1.29 is 9.59 Å². The first-order valence-corrected chi connectivity index (χ1v) is 12.2. The van der Waals surface area contributed by atoms with Crippen LogP contribution < -0.4 is 16.0 Å². The first-order chi connectivity index (χ1) is 16.1. The monoisotopic (exact) mass is 463 g/mol. The van der Waals surface area contributed by atoms with Crippen LogP contribution >= 0.6 is 11.3 Å². The molecule has 1 aromatic heterocycles. The molecule has 1 heterocycles. The molecule has 3 aromatic rings. The number of aryl methyl sites for hydroxylation is 1. The normalized spacial score (nSPS) is 14.9. The molecule has 1 aliphatic rings. The van der Waals surface area contributed by atoms with E-state index < -0.39 is 6.04 Å². The number of benzene rings is 2. The highest BCUT2D eigenvalue weighted by Crippen LogP contribution is 2.26. The van der Waals surface area contributed by atoms with E-state index >= 15 is 0 Å². The van der Waals surface area contributed by atoms with E-state index in [1.807, 2.05) is 61.5 Å². The van der Waals surface area contributed by atoms with E-state index in [4.69, 9.17) is 0 Å². The molecular weight excluding hydrogens is 434 g/mol. The highest BCUT2D eigenvalue weighted by Gasteiger charge is 2.24. The number of nitrogens with zero attached hydrogens (tertiary/aromatic N) is 2. The Balaban J connectivity index is 1.43. The molecule has 0 spiro atoms. The van der Waals surface area contributed by atoms with Crippen LogP contribution in [0.15, 0.2) is 54.6 Å². The van der Waals surface area contributed by atoms with Crippen molar-refractivity contribution in [3.8, 4) is 10.6 Å². The lowest BCUT2D eigenvalue weighted by Crippen LogP contribution is -2.51. The Morgan fingerprint density at radius 2 is 1.73 bits per heavy atom. The standard InChI is InChI=1S/C25H29N5O2S/c1-17-12-14-19(15-13-17)23-29-30-25(33-23)28-22(31)21(16-18-8-4-2-5-9-18)27-24(32)26-20-10-6-3-7-11-20/h2,4-5,8-9,12-15,20-21H,3,6-7,10-11,16H2,1H3,(H2,26,27,32)(H,28,30,31). The van der Waals surface area contributed by atoms with Gasteiger partial charge < -0.3 is 10.6 Å². The van der Waals surface area contributed by atoms with Gasteiger partial charge >= 0.3 is 6.03 Å². The Morgan fingerprint density at radius 1 is 1.00 bits per heavy atom. The fraction of sp³-hybridized carbons (Fsp3) is 0.360. The summed E-state index contributed by atoms with van der Waals surface area (Å²) in [4.78, 5) is 25.8. The number of carbonyl (C=O) groups excluding carboxylic acids is 2. The summed E-state index contributed by atoms with van der Waals surface area (Å²) in [5, 5.41) is 18.2. The van der Waals surface area contributed by atoms with Gasteiger partial charge in [0.25, 0.3) is 0 Å². The Kier molecular flexibility index (Phi) is 7.67. The van der Waals surface area contributed by atoms with Crippen LogP contribution in [0.1, 0.15) is 43.2 Å². The molecule has 172 valence electrons. The van der Waals surface area contributed by atoms with Crippen LogP contribution in [0.2, 0.25) is 0 Å². The fourth-order valence-electron chi connectivity index (χ4n) is 3.97. The minimum Gasteiger partial charge on any atom is -0.335 e. The van der Waals surface area contributed by atoms with Gasteiger partial charge in [-0.05, 0) is 25.3 Å². The zero-order valence-electron chi connectivity index (χ0n) is 18.7. The summed E-state index contributed by atoms with van der Waals surface area (Å²) < 4.78 is 0. The summed E-state index contributed by atoms with van der Waals surface area (Å²) >= 11 is 1.31. The van der Waals surface area contributed by atoms with Gasteiger partial charge in [-0.2, -0.15) is 0 Å². The molecule has 8 heteroatoms. The maximum Gasteiger partial charge on any atom is 0.315 e. The Bertz CT molecular complexity index is 1060. The van der Waals surface area contributed by atoms with Gasteiger partial charge in [-0.15, -0.1) is 10.2 Å². The predicted octanol–water partition coefficient (Wildman–Crippen LogP) is 4.70. The Hall–Kier alpha value is -3.26. The van der Waals surface area contributed by atoms with Gasteiger partial charge in [-0.25, -0.2) is 4.79 Å². The van der Waals surface area contributed by atoms with Crippen LogP contribution in [0, 0.1) is 6.92 Å². The van der Waals surface area contributed by atoms with E-state index in [1.54, 1.807) is 0 Å². The van der Waals surface area contributed by atoms with Crippen molar-refractivity contribution in [2.45, 2.75) is 57.5 Å². The molecule has 0 bridgehead atoms. The highest BCUT2D eigenvalue weighted by molar-refractivity contribution is 7.18. The molecule has 4 rings (SSSR count). The zero-order chi connectivity index (χ0) is 23.0. The Labute approximate surface area is 198 Å². The summed E-state index contributed by atoms with van der Waals surface area (Å²) in [5.74, 6) is -0.316. The van der Waals surface area contributed by atoms with Gasteiger partial charge in [0.05, 0.1) is 0 Å². The van der Waals surface area contributed by atoms with Crippen molar-refractivity contribution in [1.29, 1.82) is 0 Å². The van der Waals surface area contributed by atoms with Gasteiger partial charge in [-0.3, -0.25) is 10.1 Å². The number of urea groups is 1. The first-order valence-electron chi connectivity index (χ1n) is 11.4. The van der Waals surface area contributed by atoms with Crippen LogP contribution in [-0.2, 0) is 11.2 Å². The number of carbonyl (C=O) groups is 2. The second kappa shape index (κ2) is 11.0. The molecule has 33 heavy (non-hydrogen) atoms. The molecule has 3 amide bonds. The van der Waals surface area contributed by atoms with E-state index in [0.29, 0.717) is 11.6 Å². The van der Waals surface area contributed by atoms with Crippen LogP contribution in [0.5, 0.6) is 0 Å². The first kappa shape index (κ1) is 22.9. The minimum atomic E-state index is -0.734. The summed E-state index contributed by atoms with van der Waals surface area (Å²) in [6, 6.07) is 16.8. The second-order valence-electron chi connectivity index (χ2n) is 8.46. The number of hydrogen-bond acceptors (Lipinski definition) is 5. The number of anilines is 1. The number of hydrogen-bond donors (Lipinski definition) is 3. The molecule has 1 aliphatic carbocycles. The zero-order valence-corrected chi connectivity index (χ0v) is 19.5. The Morgan fingerprint density at radius 3 is 2.45 bits per heavy atom. The van der Waals surface area contributed by atoms with E-state index in [2.05, 4.69) is 26.1 Å².